The molecule has 0 saturated carbocycles. The number of benzene rings is 2. The summed E-state index contributed by atoms with van der Waals surface area (Å²) in [5.74, 6) is 1.11. The molecular formula is C18H20O3W. The van der Waals surface area contributed by atoms with Crippen LogP contribution in [-0.2, 0) is 31.3 Å². The molecule has 22 heavy (non-hydrogen) atoms. The first-order valence-corrected chi connectivity index (χ1v) is 6.87. The smallest absolute Gasteiger partial charge is 0.308 e. The van der Waals surface area contributed by atoms with Gasteiger partial charge in [0, 0.05) is 33.4 Å². The Morgan fingerprint density at radius 3 is 1.64 bits per heavy atom. The molecule has 0 atom stereocenters. The molecule has 0 aromatic heterocycles. The first kappa shape index (κ1) is 18.4. The van der Waals surface area contributed by atoms with Crippen LogP contribution in [0.2, 0.25) is 0 Å². The molecule has 2 rings (SSSR count). The van der Waals surface area contributed by atoms with E-state index in [1.54, 1.807) is 7.11 Å². The number of hydrogen-bond acceptors (Lipinski definition) is 3. The Balaban J connectivity index is 0.00000242. The molecule has 0 bridgehead atoms. The third-order valence-electron chi connectivity index (χ3n) is 3.65. The SMILES string of the molecule is COc1ccc(C(C)(C)c2ccc(OC(C)=O)cc2)cc1.[W]. The maximum Gasteiger partial charge on any atom is 0.308 e. The van der Waals surface area contributed by atoms with Gasteiger partial charge in [0.25, 0.3) is 0 Å². The van der Waals surface area contributed by atoms with Gasteiger partial charge in [0.2, 0.25) is 0 Å². The van der Waals surface area contributed by atoms with E-state index in [-0.39, 0.29) is 32.4 Å². The van der Waals surface area contributed by atoms with Crippen molar-refractivity contribution in [3.63, 3.8) is 0 Å². The molecule has 0 saturated heterocycles. The van der Waals surface area contributed by atoms with Gasteiger partial charge in [-0.25, -0.2) is 0 Å². The van der Waals surface area contributed by atoms with Crippen LogP contribution in [0.15, 0.2) is 48.5 Å². The summed E-state index contributed by atoms with van der Waals surface area (Å²) in [4.78, 5) is 10.9. The molecule has 0 radical (unpaired) electrons. The summed E-state index contributed by atoms with van der Waals surface area (Å²) in [6.45, 7) is 5.72. The van der Waals surface area contributed by atoms with E-state index in [0.717, 1.165) is 11.3 Å². The zero-order valence-electron chi connectivity index (χ0n) is 13.3. The first-order valence-electron chi connectivity index (χ1n) is 6.87. The van der Waals surface area contributed by atoms with E-state index in [2.05, 4.69) is 26.0 Å². The molecule has 0 fully saturated rings. The second kappa shape index (κ2) is 7.60. The van der Waals surface area contributed by atoms with Gasteiger partial charge in [0.15, 0.2) is 0 Å². The van der Waals surface area contributed by atoms with Crippen molar-refractivity contribution in [3.8, 4) is 11.5 Å². The summed E-state index contributed by atoms with van der Waals surface area (Å²) in [5, 5.41) is 0. The van der Waals surface area contributed by atoms with Crippen molar-refractivity contribution in [1.82, 2.24) is 0 Å². The largest absolute Gasteiger partial charge is 0.497 e. The fourth-order valence-corrected chi connectivity index (χ4v) is 2.28. The second-order valence-electron chi connectivity index (χ2n) is 5.47. The molecule has 0 amide bonds. The van der Waals surface area contributed by atoms with E-state index in [0.29, 0.717) is 5.75 Å². The van der Waals surface area contributed by atoms with Crippen LogP contribution in [0, 0.1) is 0 Å². The summed E-state index contributed by atoms with van der Waals surface area (Å²) >= 11 is 0. The van der Waals surface area contributed by atoms with Gasteiger partial charge in [0.05, 0.1) is 7.11 Å². The van der Waals surface area contributed by atoms with Crippen molar-refractivity contribution in [2.24, 2.45) is 0 Å². The van der Waals surface area contributed by atoms with E-state index in [4.69, 9.17) is 9.47 Å². The minimum atomic E-state index is -0.308. The van der Waals surface area contributed by atoms with E-state index in [1.165, 1.54) is 12.5 Å². The quantitative estimate of drug-likeness (QED) is 0.504. The van der Waals surface area contributed by atoms with Crippen LogP contribution in [0.4, 0.5) is 0 Å². The number of hydrogen-bond donors (Lipinski definition) is 0. The molecule has 0 aliphatic heterocycles. The van der Waals surface area contributed by atoms with Crippen molar-refractivity contribution >= 4 is 5.97 Å². The number of rotatable bonds is 4. The Labute approximate surface area is 145 Å². The minimum Gasteiger partial charge on any atom is -0.497 e. The van der Waals surface area contributed by atoms with E-state index in [1.807, 2.05) is 36.4 Å². The number of esters is 1. The van der Waals surface area contributed by atoms with Gasteiger partial charge in [-0.15, -0.1) is 0 Å². The standard InChI is InChI=1S/C18H20O3.W/c1-13(19)21-17-11-7-15(8-12-17)18(2,3)14-5-9-16(20-4)10-6-14;/h5-12H,1-4H3;. The Hall–Kier alpha value is -1.60. The van der Waals surface area contributed by atoms with Crippen LogP contribution < -0.4 is 9.47 Å². The third kappa shape index (κ3) is 4.20. The van der Waals surface area contributed by atoms with E-state index in [9.17, 15) is 4.79 Å². The molecule has 2 aromatic carbocycles. The zero-order chi connectivity index (χ0) is 15.5. The normalized spacial score (nSPS) is 10.5. The maximum atomic E-state index is 10.9. The Morgan fingerprint density at radius 1 is 0.864 bits per heavy atom. The molecule has 0 aliphatic rings. The summed E-state index contributed by atoms with van der Waals surface area (Å²) in [6.07, 6.45) is 0. The van der Waals surface area contributed by atoms with Crippen LogP contribution in [-0.4, -0.2) is 13.1 Å². The Morgan fingerprint density at radius 2 is 1.27 bits per heavy atom. The fraction of sp³-hybridized carbons (Fsp3) is 0.278. The average molecular weight is 468 g/mol. The number of carbonyl (C=O) groups excluding carboxylic acids is 1. The molecule has 0 aliphatic carbocycles. The van der Waals surface area contributed by atoms with Crippen molar-refractivity contribution in [2.75, 3.05) is 7.11 Å². The molecule has 0 unspecified atom stereocenters. The topological polar surface area (TPSA) is 35.5 Å². The summed E-state index contributed by atoms with van der Waals surface area (Å²) in [7, 11) is 1.66. The molecule has 116 valence electrons. The predicted octanol–water partition coefficient (Wildman–Crippen LogP) is 3.94. The van der Waals surface area contributed by atoms with Gasteiger partial charge in [-0.05, 0) is 35.4 Å². The van der Waals surface area contributed by atoms with Gasteiger partial charge in [-0.1, -0.05) is 38.1 Å². The molecule has 4 heteroatoms. The van der Waals surface area contributed by atoms with Gasteiger partial charge in [0.1, 0.15) is 11.5 Å². The number of methoxy groups -OCH3 is 1. The summed E-state index contributed by atoms with van der Waals surface area (Å²) in [6, 6.07) is 15.7. The maximum absolute atomic E-state index is 10.9. The number of ether oxygens (including phenoxy) is 2. The van der Waals surface area contributed by atoms with E-state index >= 15 is 0 Å². The Bertz CT molecular complexity index is 616. The van der Waals surface area contributed by atoms with Crippen LogP contribution in [0.1, 0.15) is 31.9 Å². The zero-order valence-corrected chi connectivity index (χ0v) is 16.2. The van der Waals surface area contributed by atoms with Gasteiger partial charge in [-0.3, -0.25) is 4.79 Å². The van der Waals surface area contributed by atoms with Crippen molar-refractivity contribution in [1.29, 1.82) is 0 Å². The van der Waals surface area contributed by atoms with Crippen molar-refractivity contribution in [2.45, 2.75) is 26.2 Å². The van der Waals surface area contributed by atoms with Gasteiger partial charge in [-0.2, -0.15) is 0 Å². The molecule has 0 heterocycles. The van der Waals surface area contributed by atoms with Crippen LogP contribution in [0.5, 0.6) is 11.5 Å². The van der Waals surface area contributed by atoms with Gasteiger partial charge < -0.3 is 9.47 Å². The molecule has 2 aromatic rings. The van der Waals surface area contributed by atoms with Crippen molar-refractivity contribution < 1.29 is 35.3 Å². The van der Waals surface area contributed by atoms with Crippen molar-refractivity contribution in [3.05, 3.63) is 59.7 Å². The van der Waals surface area contributed by atoms with Crippen LogP contribution in [0.25, 0.3) is 0 Å². The summed E-state index contributed by atoms with van der Waals surface area (Å²) < 4.78 is 10.3. The van der Waals surface area contributed by atoms with E-state index < -0.39 is 0 Å². The van der Waals surface area contributed by atoms with Crippen LogP contribution >= 0.6 is 0 Å². The molecule has 3 nitrogen and oxygen atoms in total. The molecule has 0 spiro atoms. The average Bonchev–Trinajstić information content (AvgIpc) is 2.47. The minimum absolute atomic E-state index is 0. The monoisotopic (exact) mass is 468 g/mol. The van der Waals surface area contributed by atoms with Crippen LogP contribution in [0.3, 0.4) is 0 Å². The first-order chi connectivity index (χ1) is 9.93. The molecular weight excluding hydrogens is 448 g/mol. The summed E-state index contributed by atoms with van der Waals surface area (Å²) in [5.41, 5.74) is 2.22. The molecule has 0 N–H and O–H groups in total. The Kier molecular flexibility index (Phi) is 6.37. The third-order valence-corrected chi connectivity index (χ3v) is 3.65. The van der Waals surface area contributed by atoms with Gasteiger partial charge >= 0.3 is 5.97 Å². The number of carbonyl (C=O) groups is 1. The fourth-order valence-electron chi connectivity index (χ4n) is 2.28. The predicted molar refractivity (Wildman–Crippen MR) is 82.9 cm³/mol. The second-order valence-corrected chi connectivity index (χ2v) is 5.47.